The van der Waals surface area contributed by atoms with Crippen LogP contribution in [0, 0.1) is 5.92 Å². The van der Waals surface area contributed by atoms with Crippen molar-refractivity contribution in [1.82, 2.24) is 25.3 Å². The molecule has 2 atom stereocenters. The van der Waals surface area contributed by atoms with Crippen LogP contribution in [-0.2, 0) is 19.2 Å². The number of hydrogen-bond donors (Lipinski definition) is 2. The van der Waals surface area contributed by atoms with Gasteiger partial charge in [0.05, 0.1) is 12.6 Å². The first-order chi connectivity index (χ1) is 14.3. The van der Waals surface area contributed by atoms with Crippen molar-refractivity contribution in [2.75, 3.05) is 25.5 Å². The quantitative estimate of drug-likeness (QED) is 0.432. The Hall–Kier alpha value is -2.82. The summed E-state index contributed by atoms with van der Waals surface area (Å²) >= 11 is 1.22. The van der Waals surface area contributed by atoms with Crippen LogP contribution in [0.25, 0.3) is 0 Å². The zero-order chi connectivity index (χ0) is 22.3. The molecule has 0 unspecified atom stereocenters. The van der Waals surface area contributed by atoms with Crippen molar-refractivity contribution < 1.29 is 19.2 Å². The summed E-state index contributed by atoms with van der Waals surface area (Å²) in [4.78, 5) is 51.5. The van der Waals surface area contributed by atoms with Gasteiger partial charge in [0.1, 0.15) is 11.6 Å². The third-order valence-corrected chi connectivity index (χ3v) is 5.63. The molecule has 0 spiro atoms. The van der Waals surface area contributed by atoms with E-state index < -0.39 is 6.04 Å². The fourth-order valence-corrected chi connectivity index (χ4v) is 3.87. The normalized spacial score (nSPS) is 17.6. The Morgan fingerprint density at radius 1 is 1.40 bits per heavy atom. The molecule has 10 nitrogen and oxygen atoms in total. The second-order valence-electron chi connectivity index (χ2n) is 7.48. The van der Waals surface area contributed by atoms with Crippen LogP contribution in [0.4, 0.5) is 5.13 Å². The number of anilines is 1. The fraction of sp³-hybridized carbons (Fsp3) is 0.579. The molecule has 1 aliphatic rings. The van der Waals surface area contributed by atoms with E-state index in [-0.39, 0.29) is 36.2 Å². The van der Waals surface area contributed by atoms with Crippen LogP contribution < -0.4 is 10.6 Å². The van der Waals surface area contributed by atoms with E-state index in [9.17, 15) is 19.2 Å². The largest absolute Gasteiger partial charge is 0.350 e. The first-order valence-electron chi connectivity index (χ1n) is 9.75. The second kappa shape index (κ2) is 10.8. The lowest BCUT2D eigenvalue weighted by molar-refractivity contribution is -0.133. The predicted octanol–water partition coefficient (Wildman–Crippen LogP) is 0.643. The van der Waals surface area contributed by atoms with Gasteiger partial charge in [-0.1, -0.05) is 31.3 Å². The predicted molar refractivity (Wildman–Crippen MR) is 112 cm³/mol. The number of rotatable bonds is 9. The smallest absolute Gasteiger partial charge is 0.249 e. The van der Waals surface area contributed by atoms with Gasteiger partial charge in [-0.3, -0.25) is 24.5 Å². The third-order valence-electron chi connectivity index (χ3n) is 5.02. The summed E-state index contributed by atoms with van der Waals surface area (Å²) in [6.45, 7) is 5.97. The van der Waals surface area contributed by atoms with Crippen LogP contribution in [0.3, 0.4) is 0 Å². The summed E-state index contributed by atoms with van der Waals surface area (Å²) in [5.41, 5.74) is 1.99. The van der Waals surface area contributed by atoms with E-state index in [0.29, 0.717) is 30.1 Å². The van der Waals surface area contributed by atoms with Gasteiger partial charge in [0, 0.05) is 19.2 Å². The van der Waals surface area contributed by atoms with Crippen LogP contribution in [0.5, 0.6) is 0 Å². The van der Waals surface area contributed by atoms with Gasteiger partial charge >= 0.3 is 0 Å². The van der Waals surface area contributed by atoms with E-state index >= 15 is 0 Å². The summed E-state index contributed by atoms with van der Waals surface area (Å²) < 4.78 is 0. The van der Waals surface area contributed by atoms with Crippen LogP contribution >= 0.6 is 11.3 Å². The SMILES string of the molecule is C/C(=C\[C@H](C(C)C)N(C)C(=O)CNC=O)C(=O)N1CCC[C@H]1C(=O)Nc1nncs1. The summed E-state index contributed by atoms with van der Waals surface area (Å²) in [6.07, 6.45) is 3.54. The number of nitrogens with zero attached hydrogens (tertiary/aromatic N) is 4. The minimum Gasteiger partial charge on any atom is -0.350 e. The molecule has 1 aliphatic heterocycles. The van der Waals surface area contributed by atoms with E-state index in [1.165, 1.54) is 21.7 Å². The van der Waals surface area contributed by atoms with Gasteiger partial charge < -0.3 is 15.1 Å². The van der Waals surface area contributed by atoms with E-state index in [1.807, 2.05) is 13.8 Å². The lowest BCUT2D eigenvalue weighted by Gasteiger charge is -2.30. The Labute approximate surface area is 179 Å². The molecule has 1 saturated heterocycles. The molecular formula is C19H28N6O4S. The molecule has 0 bridgehead atoms. The lowest BCUT2D eigenvalue weighted by Crippen LogP contribution is -2.45. The molecule has 0 aliphatic carbocycles. The Balaban J connectivity index is 2.11. The van der Waals surface area contributed by atoms with Crippen LogP contribution in [0.15, 0.2) is 17.2 Å². The molecular weight excluding hydrogens is 408 g/mol. The topological polar surface area (TPSA) is 125 Å². The van der Waals surface area contributed by atoms with Gasteiger partial charge in [0.15, 0.2) is 0 Å². The minimum atomic E-state index is -0.571. The first-order valence-corrected chi connectivity index (χ1v) is 10.6. The summed E-state index contributed by atoms with van der Waals surface area (Å²) in [7, 11) is 1.64. The van der Waals surface area contributed by atoms with Crippen molar-refractivity contribution >= 4 is 40.6 Å². The van der Waals surface area contributed by atoms with Crippen LogP contribution in [0.2, 0.25) is 0 Å². The number of likely N-dealkylation sites (N-methyl/N-ethyl adjacent to an activating group) is 1. The van der Waals surface area contributed by atoms with Crippen molar-refractivity contribution in [3.8, 4) is 0 Å². The highest BCUT2D eigenvalue weighted by Gasteiger charge is 2.35. The molecule has 2 N–H and O–H groups in total. The second-order valence-corrected chi connectivity index (χ2v) is 8.31. The van der Waals surface area contributed by atoms with E-state index in [0.717, 1.165) is 6.42 Å². The number of carbonyl (C=O) groups is 4. The monoisotopic (exact) mass is 436 g/mol. The van der Waals surface area contributed by atoms with Crippen molar-refractivity contribution in [2.24, 2.45) is 5.92 Å². The van der Waals surface area contributed by atoms with Crippen molar-refractivity contribution in [3.63, 3.8) is 0 Å². The molecule has 1 aromatic rings. The van der Waals surface area contributed by atoms with Gasteiger partial charge in [-0.05, 0) is 25.7 Å². The Morgan fingerprint density at radius 2 is 2.13 bits per heavy atom. The molecule has 1 aromatic heterocycles. The maximum absolute atomic E-state index is 13.1. The van der Waals surface area contributed by atoms with E-state index in [4.69, 9.17) is 0 Å². The molecule has 0 radical (unpaired) electrons. The Kier molecular flexibility index (Phi) is 8.46. The third kappa shape index (κ3) is 5.85. The first kappa shape index (κ1) is 23.5. The number of carbonyl (C=O) groups excluding carboxylic acids is 4. The lowest BCUT2D eigenvalue weighted by atomic mass is 9.99. The molecule has 2 heterocycles. The molecule has 1 fully saturated rings. The molecule has 2 rings (SSSR count). The average molecular weight is 437 g/mol. The zero-order valence-corrected chi connectivity index (χ0v) is 18.4. The maximum Gasteiger partial charge on any atom is 0.249 e. The highest BCUT2D eigenvalue weighted by molar-refractivity contribution is 7.13. The fourth-order valence-electron chi connectivity index (χ4n) is 3.42. The zero-order valence-electron chi connectivity index (χ0n) is 17.6. The van der Waals surface area contributed by atoms with Crippen molar-refractivity contribution in [3.05, 3.63) is 17.2 Å². The summed E-state index contributed by atoms with van der Waals surface area (Å²) in [5, 5.41) is 13.0. The number of amides is 4. The van der Waals surface area contributed by atoms with Crippen molar-refractivity contribution in [1.29, 1.82) is 0 Å². The van der Waals surface area contributed by atoms with Gasteiger partial charge in [0.2, 0.25) is 29.3 Å². The number of aromatic nitrogens is 2. The van der Waals surface area contributed by atoms with Crippen LogP contribution in [0.1, 0.15) is 33.6 Å². The van der Waals surface area contributed by atoms with Gasteiger partial charge in [-0.2, -0.15) is 0 Å². The van der Waals surface area contributed by atoms with Crippen molar-refractivity contribution in [2.45, 2.75) is 45.7 Å². The Bertz CT molecular complexity index is 795. The summed E-state index contributed by atoms with van der Waals surface area (Å²) in [5.74, 6) is -0.721. The summed E-state index contributed by atoms with van der Waals surface area (Å²) in [6, 6.07) is -0.899. The number of hydrogen-bond acceptors (Lipinski definition) is 7. The molecule has 0 saturated carbocycles. The van der Waals surface area contributed by atoms with Gasteiger partial charge in [0.25, 0.3) is 0 Å². The van der Waals surface area contributed by atoms with E-state index in [2.05, 4.69) is 20.8 Å². The highest BCUT2D eigenvalue weighted by Crippen LogP contribution is 2.23. The molecule has 0 aromatic carbocycles. The van der Waals surface area contributed by atoms with Gasteiger partial charge in [-0.15, -0.1) is 10.2 Å². The standard InChI is InChI=1S/C19H28N6O4S/c1-12(2)15(24(4)16(27)9-20-10-26)8-13(3)18(29)25-7-5-6-14(25)17(28)22-19-23-21-11-30-19/h8,10-12,14-15H,5-7,9H2,1-4H3,(H,20,26)(H,22,23,28)/b13-8+/t14-,15+/m0/s1. The number of nitrogens with one attached hydrogen (secondary N) is 2. The molecule has 4 amide bonds. The molecule has 11 heteroatoms. The molecule has 164 valence electrons. The van der Waals surface area contributed by atoms with Crippen LogP contribution in [-0.4, -0.2) is 76.3 Å². The van der Waals surface area contributed by atoms with Gasteiger partial charge in [-0.25, -0.2) is 0 Å². The highest BCUT2D eigenvalue weighted by atomic mass is 32.1. The Morgan fingerprint density at radius 3 is 2.73 bits per heavy atom. The average Bonchev–Trinajstić information content (AvgIpc) is 3.40. The maximum atomic E-state index is 13.1. The number of likely N-dealkylation sites (tertiary alicyclic amines) is 1. The molecule has 30 heavy (non-hydrogen) atoms. The minimum absolute atomic E-state index is 0.0491. The van der Waals surface area contributed by atoms with E-state index in [1.54, 1.807) is 24.9 Å².